The van der Waals surface area contributed by atoms with Crippen LogP contribution in [0, 0.1) is 0 Å². The second-order valence-corrected chi connectivity index (χ2v) is 4.96. The zero-order valence-corrected chi connectivity index (χ0v) is 11.6. The summed E-state index contributed by atoms with van der Waals surface area (Å²) in [7, 11) is 0. The van der Waals surface area contributed by atoms with E-state index in [1.54, 1.807) is 18.2 Å². The third-order valence-corrected chi connectivity index (χ3v) is 3.58. The third kappa shape index (κ3) is 2.60. The van der Waals surface area contributed by atoms with Crippen LogP contribution in [0.4, 0.5) is 0 Å². The number of para-hydroxylation sites is 1. The van der Waals surface area contributed by atoms with E-state index in [-0.39, 0.29) is 15.9 Å². The molecule has 4 rings (SSSR count). The van der Waals surface area contributed by atoms with Gasteiger partial charge in [-0.2, -0.15) is 0 Å². The number of aromatic hydroxyl groups is 1. The summed E-state index contributed by atoms with van der Waals surface area (Å²) in [5, 5.41) is 20.2. The number of phenolic OH excluding ortho intramolecular Hbond substituents is 1. The fourth-order valence-electron chi connectivity index (χ4n) is 2.51. The first-order chi connectivity index (χ1) is 10.8. The summed E-state index contributed by atoms with van der Waals surface area (Å²) in [4.78, 5) is 0. The average Bonchev–Trinajstić information content (AvgIpc) is 3.04. The van der Waals surface area contributed by atoms with Crippen molar-refractivity contribution < 1.29 is 9.52 Å². The Kier molecular flexibility index (Phi) is 3.92. The summed E-state index contributed by atoms with van der Waals surface area (Å²) >= 11 is 0. The van der Waals surface area contributed by atoms with Crippen LogP contribution in [0.1, 0.15) is 0 Å². The maximum absolute atomic E-state index is 9.89. The zero-order valence-electron chi connectivity index (χ0n) is 11.6. The van der Waals surface area contributed by atoms with Crippen molar-refractivity contribution in [3.63, 3.8) is 0 Å². The van der Waals surface area contributed by atoms with E-state index in [0.29, 0.717) is 17.3 Å². The number of hydrogen-bond donors (Lipinski definition) is 1. The van der Waals surface area contributed by atoms with E-state index in [1.165, 1.54) is 0 Å². The van der Waals surface area contributed by atoms with Gasteiger partial charge in [-0.3, -0.25) is 0 Å². The quantitative estimate of drug-likeness (QED) is 0.577. The first-order valence-electron chi connectivity index (χ1n) is 6.93. The average molecular weight is 299 g/mol. The van der Waals surface area contributed by atoms with Crippen LogP contribution in [0.3, 0.4) is 0 Å². The minimum absolute atomic E-state index is 0. The van der Waals surface area contributed by atoms with Gasteiger partial charge in [-0.15, -0.1) is 10.2 Å². The van der Waals surface area contributed by atoms with Crippen molar-refractivity contribution in [1.29, 1.82) is 0 Å². The van der Waals surface area contributed by atoms with Crippen molar-refractivity contribution >= 4 is 20.9 Å². The van der Waals surface area contributed by atoms with Crippen molar-refractivity contribution in [3.8, 4) is 28.7 Å². The summed E-state index contributed by atoms with van der Waals surface area (Å²) < 4.78 is 5.76. The molecule has 0 aliphatic carbocycles. The van der Waals surface area contributed by atoms with Gasteiger partial charge in [0, 0.05) is 5.56 Å². The Labute approximate surface area is 136 Å². The van der Waals surface area contributed by atoms with Crippen LogP contribution in [0.15, 0.2) is 71.1 Å². The summed E-state index contributed by atoms with van der Waals surface area (Å²) in [5.41, 5.74) is 1.41. The molecule has 0 bridgehead atoms. The Balaban J connectivity index is 0.00000156. The molecule has 0 spiro atoms. The third-order valence-electron chi connectivity index (χ3n) is 3.58. The molecule has 0 unspecified atom stereocenters. The molecule has 1 N–H and O–H groups in total. The molecule has 4 nitrogen and oxygen atoms in total. The molecule has 4 aromatic rings. The van der Waals surface area contributed by atoms with Crippen LogP contribution in [-0.4, -0.2) is 25.4 Å². The van der Waals surface area contributed by atoms with E-state index < -0.39 is 0 Å². The molecule has 0 aliphatic heterocycles. The van der Waals surface area contributed by atoms with Gasteiger partial charge in [0.2, 0.25) is 5.89 Å². The molecule has 0 radical (unpaired) electrons. The van der Waals surface area contributed by atoms with Gasteiger partial charge in [0.1, 0.15) is 5.75 Å². The van der Waals surface area contributed by atoms with E-state index in [0.717, 1.165) is 16.3 Å². The van der Waals surface area contributed by atoms with Crippen molar-refractivity contribution in [2.24, 2.45) is 0 Å². The first-order valence-corrected chi connectivity index (χ1v) is 6.93. The van der Waals surface area contributed by atoms with Crippen molar-refractivity contribution in [1.82, 2.24) is 10.2 Å². The Morgan fingerprint density at radius 3 is 2.13 bits per heavy atom. The molecule has 0 aliphatic rings. The predicted molar refractivity (Wildman–Crippen MR) is 92.9 cm³/mol. The van der Waals surface area contributed by atoms with Crippen LogP contribution >= 0.6 is 0 Å². The Bertz CT molecular complexity index is 961. The fraction of sp³-hybridized carbons (Fsp3) is 0. The summed E-state index contributed by atoms with van der Waals surface area (Å²) in [6.07, 6.45) is 0. The van der Waals surface area contributed by atoms with Crippen LogP contribution in [0.2, 0.25) is 0 Å². The van der Waals surface area contributed by atoms with Gasteiger partial charge >= 0.3 is 10.1 Å². The number of phenols is 1. The molecule has 110 valence electrons. The van der Waals surface area contributed by atoms with E-state index >= 15 is 0 Å². The predicted octanol–water partition coefficient (Wildman–Crippen LogP) is 3.35. The molecule has 1 aromatic heterocycles. The minimum atomic E-state index is 0. The number of benzene rings is 3. The summed E-state index contributed by atoms with van der Waals surface area (Å²) in [6, 6.07) is 20.9. The second kappa shape index (κ2) is 6.03. The number of rotatable bonds is 2. The van der Waals surface area contributed by atoms with Gasteiger partial charge in [0.25, 0.3) is 5.89 Å². The number of nitrogens with zero attached hydrogens (tertiary/aromatic N) is 2. The molecule has 0 saturated carbocycles. The van der Waals surface area contributed by atoms with Crippen LogP contribution in [-0.2, 0) is 0 Å². The molecular weight excluding hydrogens is 285 g/mol. The van der Waals surface area contributed by atoms with Crippen LogP contribution in [0.5, 0.6) is 5.75 Å². The number of fused-ring (bicyclic) bond motifs is 1. The van der Waals surface area contributed by atoms with Gasteiger partial charge in [-0.1, -0.05) is 48.5 Å². The van der Waals surface area contributed by atoms with Crippen molar-refractivity contribution in [3.05, 3.63) is 66.7 Å². The summed E-state index contributed by atoms with van der Waals surface area (Å²) in [5.74, 6) is 0.867. The van der Waals surface area contributed by atoms with Crippen LogP contribution in [0.25, 0.3) is 33.7 Å². The van der Waals surface area contributed by atoms with Gasteiger partial charge in [-0.25, -0.2) is 0 Å². The molecule has 3 aromatic carbocycles. The monoisotopic (exact) mass is 299 g/mol. The molecule has 23 heavy (non-hydrogen) atoms. The molecule has 0 atom stereocenters. The molecule has 0 fully saturated rings. The van der Waals surface area contributed by atoms with E-state index in [1.807, 2.05) is 48.5 Å². The molecule has 0 saturated heterocycles. The van der Waals surface area contributed by atoms with Crippen molar-refractivity contribution in [2.75, 3.05) is 0 Å². The normalized spacial score (nSPS) is 10.4. The van der Waals surface area contributed by atoms with E-state index in [2.05, 4.69) is 10.2 Å². The summed E-state index contributed by atoms with van der Waals surface area (Å²) in [6.45, 7) is 0. The van der Waals surface area contributed by atoms with E-state index in [9.17, 15) is 5.11 Å². The maximum atomic E-state index is 9.89. The number of hydrogen-bond acceptors (Lipinski definition) is 4. The van der Waals surface area contributed by atoms with Gasteiger partial charge in [0.05, 0.1) is 5.56 Å². The zero-order chi connectivity index (χ0) is 14.9. The SMILES string of the molecule is Oc1ccccc1-c1nnc(-c2cccc3ccccc23)o1.[BeH2]. The van der Waals surface area contributed by atoms with Crippen LogP contribution < -0.4 is 0 Å². The van der Waals surface area contributed by atoms with Gasteiger partial charge < -0.3 is 9.52 Å². The van der Waals surface area contributed by atoms with Crippen molar-refractivity contribution in [2.45, 2.75) is 0 Å². The second-order valence-electron chi connectivity index (χ2n) is 4.96. The van der Waals surface area contributed by atoms with Gasteiger partial charge in [0.15, 0.2) is 0 Å². The Hall–Kier alpha value is -2.97. The molecule has 1 heterocycles. The molecule has 0 amide bonds. The topological polar surface area (TPSA) is 59.2 Å². The standard InChI is InChI=1S/C18H12N2O2.Be.2H/c21-16-11-4-3-9-15(16)18-20-19-17(22-18)14-10-5-7-12-6-1-2-8-13(12)14;;;/h1-11,21H;;;. The number of aromatic nitrogens is 2. The molecular formula is C18H14BeN2O2. The Morgan fingerprint density at radius 1 is 0.696 bits per heavy atom. The Morgan fingerprint density at radius 2 is 1.30 bits per heavy atom. The molecule has 5 heteroatoms. The fourth-order valence-corrected chi connectivity index (χ4v) is 2.51. The van der Waals surface area contributed by atoms with Gasteiger partial charge in [-0.05, 0) is 29.0 Å². The first kappa shape index (κ1) is 14.9. The van der Waals surface area contributed by atoms with E-state index in [4.69, 9.17) is 4.42 Å².